The SMILES string of the molecule is CC(C)CC(Oc1nc(Oc2cc(C(=O)N3CCCC(C(=O)O)C3)cc(-c3cccc(CN)c3)c2)c(F)cc1F)C(=O)O. The predicted octanol–water partition coefficient (Wildman–Crippen LogP) is 5.09. The van der Waals surface area contributed by atoms with Crippen LogP contribution in [0.25, 0.3) is 11.1 Å². The highest BCUT2D eigenvalue weighted by atomic mass is 19.1. The van der Waals surface area contributed by atoms with Crippen LogP contribution in [-0.4, -0.2) is 57.1 Å². The first-order valence-electron chi connectivity index (χ1n) is 13.8. The number of benzene rings is 2. The minimum atomic E-state index is -1.43. The molecule has 1 amide bonds. The highest BCUT2D eigenvalue weighted by molar-refractivity contribution is 5.96. The van der Waals surface area contributed by atoms with Gasteiger partial charge in [-0.25, -0.2) is 13.6 Å². The number of nitrogens with two attached hydrogens (primary N) is 1. The van der Waals surface area contributed by atoms with Crippen LogP contribution in [-0.2, 0) is 16.1 Å². The number of carbonyl (C=O) groups excluding carboxylic acids is 1. The molecular formula is C31H33F2N3O7. The van der Waals surface area contributed by atoms with Crippen molar-refractivity contribution in [1.29, 1.82) is 0 Å². The number of aromatic nitrogens is 1. The van der Waals surface area contributed by atoms with E-state index in [4.69, 9.17) is 15.2 Å². The Kier molecular flexibility index (Phi) is 9.92. The molecule has 0 saturated carbocycles. The van der Waals surface area contributed by atoms with E-state index >= 15 is 0 Å². The fourth-order valence-electron chi connectivity index (χ4n) is 4.83. The molecular weight excluding hydrogens is 564 g/mol. The van der Waals surface area contributed by atoms with Crippen LogP contribution in [0.2, 0.25) is 0 Å². The molecule has 2 aromatic carbocycles. The van der Waals surface area contributed by atoms with Crippen LogP contribution in [0.4, 0.5) is 8.78 Å². The Morgan fingerprint density at radius 1 is 1.05 bits per heavy atom. The molecule has 2 heterocycles. The Morgan fingerprint density at radius 3 is 2.47 bits per heavy atom. The lowest BCUT2D eigenvalue weighted by atomic mass is 9.96. The lowest BCUT2D eigenvalue weighted by molar-refractivity contribution is -0.146. The number of carbonyl (C=O) groups is 3. The van der Waals surface area contributed by atoms with Crippen LogP contribution in [0.1, 0.15) is 49.0 Å². The van der Waals surface area contributed by atoms with Crippen molar-refractivity contribution in [2.75, 3.05) is 13.1 Å². The van der Waals surface area contributed by atoms with E-state index in [9.17, 15) is 33.4 Å². The molecule has 4 N–H and O–H groups in total. The molecule has 0 bridgehead atoms. The van der Waals surface area contributed by atoms with E-state index in [0.717, 1.165) is 5.56 Å². The van der Waals surface area contributed by atoms with Crippen LogP contribution in [0, 0.1) is 23.5 Å². The molecule has 2 atom stereocenters. The van der Waals surface area contributed by atoms with Gasteiger partial charge >= 0.3 is 11.9 Å². The zero-order valence-electron chi connectivity index (χ0n) is 23.8. The second-order valence-corrected chi connectivity index (χ2v) is 10.8. The number of hydrogen-bond donors (Lipinski definition) is 3. The summed E-state index contributed by atoms with van der Waals surface area (Å²) in [6.07, 6.45) is -0.397. The summed E-state index contributed by atoms with van der Waals surface area (Å²) < 4.78 is 40.4. The molecule has 2 unspecified atom stereocenters. The van der Waals surface area contributed by atoms with Crippen LogP contribution < -0.4 is 15.2 Å². The molecule has 0 spiro atoms. The van der Waals surface area contributed by atoms with Crippen molar-refractivity contribution in [3.05, 3.63) is 71.3 Å². The highest BCUT2D eigenvalue weighted by Gasteiger charge is 2.30. The van der Waals surface area contributed by atoms with Crippen molar-refractivity contribution in [3.63, 3.8) is 0 Å². The van der Waals surface area contributed by atoms with Crippen molar-refractivity contribution in [2.24, 2.45) is 17.6 Å². The number of carboxylic acids is 2. The van der Waals surface area contributed by atoms with Crippen LogP contribution in [0.15, 0.2) is 48.5 Å². The zero-order chi connectivity index (χ0) is 31.3. The maximum atomic E-state index is 14.9. The summed E-state index contributed by atoms with van der Waals surface area (Å²) in [4.78, 5) is 42.0. The number of halogens is 2. The van der Waals surface area contributed by atoms with Gasteiger partial charge in [0.2, 0.25) is 0 Å². The van der Waals surface area contributed by atoms with Crippen LogP contribution in [0.3, 0.4) is 0 Å². The lowest BCUT2D eigenvalue weighted by Crippen LogP contribution is -2.42. The first-order chi connectivity index (χ1) is 20.4. The molecule has 1 fully saturated rings. The summed E-state index contributed by atoms with van der Waals surface area (Å²) in [5, 5.41) is 19.0. The molecule has 1 aromatic heterocycles. The van der Waals surface area contributed by atoms with Gasteiger partial charge in [0.15, 0.2) is 17.7 Å². The summed E-state index contributed by atoms with van der Waals surface area (Å²) in [6, 6.07) is 12.2. The predicted molar refractivity (Wildman–Crippen MR) is 152 cm³/mol. The van der Waals surface area contributed by atoms with Gasteiger partial charge in [0, 0.05) is 31.3 Å². The maximum Gasteiger partial charge on any atom is 0.344 e. The van der Waals surface area contributed by atoms with Crippen molar-refractivity contribution >= 4 is 17.8 Å². The fraction of sp³-hybridized carbons (Fsp3) is 0.355. The zero-order valence-corrected chi connectivity index (χ0v) is 23.8. The number of amides is 1. The molecule has 0 aliphatic carbocycles. The Morgan fingerprint density at radius 2 is 1.79 bits per heavy atom. The number of rotatable bonds is 11. The largest absolute Gasteiger partial charge is 0.481 e. The standard InChI is InChI=1S/C31H33F2N3O7/c1-17(2)9-26(31(40)41)43-28-25(33)14-24(32)27(35-28)42-23-12-21(19-6-3-5-18(10-19)15-34)11-22(13-23)29(37)36-8-4-7-20(16-36)30(38)39/h3,5-6,10-14,17,20,26H,4,7-9,15-16,34H2,1-2H3,(H,38,39)(H,40,41). The monoisotopic (exact) mass is 597 g/mol. The summed E-state index contributed by atoms with van der Waals surface area (Å²) in [5.41, 5.74) is 7.97. The quantitative estimate of drug-likeness (QED) is 0.274. The third-order valence-corrected chi connectivity index (χ3v) is 7.00. The number of pyridine rings is 1. The Hall–Kier alpha value is -4.58. The van der Waals surface area contributed by atoms with Gasteiger partial charge in [-0.3, -0.25) is 9.59 Å². The van der Waals surface area contributed by atoms with Crippen molar-refractivity contribution in [1.82, 2.24) is 9.88 Å². The first-order valence-corrected chi connectivity index (χ1v) is 13.8. The van der Waals surface area contributed by atoms with E-state index in [1.165, 1.54) is 17.0 Å². The highest BCUT2D eigenvalue weighted by Crippen LogP contribution is 2.33. The van der Waals surface area contributed by atoms with E-state index in [2.05, 4.69) is 4.98 Å². The molecule has 12 heteroatoms. The van der Waals surface area contributed by atoms with E-state index in [0.29, 0.717) is 36.6 Å². The van der Waals surface area contributed by atoms with Gasteiger partial charge in [-0.15, -0.1) is 0 Å². The molecule has 1 aliphatic heterocycles. The number of carboxylic acid groups (broad SMARTS) is 2. The average Bonchev–Trinajstić information content (AvgIpc) is 2.98. The molecule has 1 aliphatic rings. The summed E-state index contributed by atoms with van der Waals surface area (Å²) >= 11 is 0. The number of ether oxygens (including phenoxy) is 2. The van der Waals surface area contributed by atoms with Gasteiger partial charge in [0.1, 0.15) is 5.75 Å². The molecule has 4 rings (SSSR count). The normalized spacial score (nSPS) is 15.7. The lowest BCUT2D eigenvalue weighted by Gasteiger charge is -2.31. The van der Waals surface area contributed by atoms with Gasteiger partial charge < -0.3 is 30.3 Å². The van der Waals surface area contributed by atoms with Crippen molar-refractivity contribution in [3.8, 4) is 28.6 Å². The minimum absolute atomic E-state index is 0.0216. The van der Waals surface area contributed by atoms with Crippen LogP contribution in [0.5, 0.6) is 17.5 Å². The van der Waals surface area contributed by atoms with Gasteiger partial charge in [-0.05, 0) is 66.1 Å². The van der Waals surface area contributed by atoms with Gasteiger partial charge in [0.25, 0.3) is 17.7 Å². The summed E-state index contributed by atoms with van der Waals surface area (Å²) in [7, 11) is 0. The molecule has 10 nitrogen and oxygen atoms in total. The number of nitrogens with zero attached hydrogens (tertiary/aromatic N) is 2. The maximum absolute atomic E-state index is 14.9. The van der Waals surface area contributed by atoms with Gasteiger partial charge in [0.05, 0.1) is 5.92 Å². The molecule has 43 heavy (non-hydrogen) atoms. The molecule has 3 aromatic rings. The van der Waals surface area contributed by atoms with E-state index in [1.807, 2.05) is 12.1 Å². The average molecular weight is 598 g/mol. The number of aliphatic carboxylic acids is 2. The Balaban J connectivity index is 1.73. The second kappa shape index (κ2) is 13.6. The third-order valence-electron chi connectivity index (χ3n) is 7.00. The Bertz CT molecular complexity index is 1510. The van der Waals surface area contributed by atoms with E-state index in [-0.39, 0.29) is 36.7 Å². The molecule has 228 valence electrons. The van der Waals surface area contributed by atoms with E-state index in [1.54, 1.807) is 32.0 Å². The minimum Gasteiger partial charge on any atom is -0.481 e. The molecule has 0 radical (unpaired) electrons. The first kappa shape index (κ1) is 31.4. The van der Waals surface area contributed by atoms with E-state index < -0.39 is 53.3 Å². The number of hydrogen-bond acceptors (Lipinski definition) is 7. The van der Waals surface area contributed by atoms with Crippen molar-refractivity contribution < 1.29 is 42.9 Å². The fourth-order valence-corrected chi connectivity index (χ4v) is 4.83. The summed E-state index contributed by atoms with van der Waals surface area (Å²) in [6.45, 7) is 4.20. The molecule has 1 saturated heterocycles. The summed E-state index contributed by atoms with van der Waals surface area (Å²) in [5.74, 6) is -7.40. The van der Waals surface area contributed by atoms with Crippen molar-refractivity contribution in [2.45, 2.75) is 45.8 Å². The van der Waals surface area contributed by atoms with Crippen LogP contribution >= 0.6 is 0 Å². The second-order valence-electron chi connectivity index (χ2n) is 10.8. The topological polar surface area (TPSA) is 152 Å². The number of piperidine rings is 1. The van der Waals surface area contributed by atoms with Gasteiger partial charge in [-0.2, -0.15) is 4.98 Å². The van der Waals surface area contributed by atoms with Gasteiger partial charge in [-0.1, -0.05) is 32.0 Å². The Labute approximate surface area is 247 Å². The number of likely N-dealkylation sites (tertiary alicyclic amines) is 1. The smallest absolute Gasteiger partial charge is 0.344 e. The third kappa shape index (κ3) is 7.83.